The van der Waals surface area contributed by atoms with Crippen LogP contribution in [0.4, 0.5) is 5.69 Å². The van der Waals surface area contributed by atoms with Crippen LogP contribution in [0, 0.1) is 5.92 Å². The Balaban J connectivity index is 1.44. The smallest absolute Gasteiger partial charge is 0.0911 e. The third kappa shape index (κ3) is 4.03. The highest BCUT2D eigenvalue weighted by Crippen LogP contribution is 2.43. The number of halogens is 1. The van der Waals surface area contributed by atoms with Crippen LogP contribution in [0.5, 0.6) is 0 Å². The highest BCUT2D eigenvalue weighted by atomic mass is 35.5. The van der Waals surface area contributed by atoms with E-state index in [2.05, 4.69) is 83.9 Å². The third-order valence-corrected chi connectivity index (χ3v) is 6.56. The van der Waals surface area contributed by atoms with Gasteiger partial charge in [-0.25, -0.2) is 5.06 Å². The van der Waals surface area contributed by atoms with Crippen molar-refractivity contribution in [3.8, 4) is 11.1 Å². The molecule has 1 saturated heterocycles. The Kier molecular flexibility index (Phi) is 5.61. The topological polar surface area (TPSA) is 12.5 Å². The average Bonchev–Trinajstić information content (AvgIpc) is 3.26. The molecule has 1 heterocycles. The van der Waals surface area contributed by atoms with Crippen molar-refractivity contribution in [2.75, 3.05) is 5.06 Å². The zero-order valence-corrected chi connectivity index (χ0v) is 17.7. The predicted octanol–water partition coefficient (Wildman–Crippen LogP) is 7.61. The van der Waals surface area contributed by atoms with Crippen LogP contribution < -0.4 is 5.06 Å². The summed E-state index contributed by atoms with van der Waals surface area (Å²) in [6, 6.07) is 27.7. The molecule has 0 N–H and O–H groups in total. The van der Waals surface area contributed by atoms with Gasteiger partial charge in [0.2, 0.25) is 0 Å². The number of anilines is 1. The van der Waals surface area contributed by atoms with E-state index in [1.54, 1.807) is 0 Å². The van der Waals surface area contributed by atoms with Gasteiger partial charge in [-0.15, -0.1) is 0 Å². The number of allylic oxidation sites excluding steroid dienone is 2. The van der Waals surface area contributed by atoms with Crippen molar-refractivity contribution in [3.05, 3.63) is 102 Å². The van der Waals surface area contributed by atoms with Gasteiger partial charge >= 0.3 is 0 Å². The fraction of sp³-hybridized carbons (Fsp3) is 0.259. The maximum absolute atomic E-state index is 6.57. The SMILES string of the molecule is Clc1ccc(N2OC(C3CC=CCC3)CC2c2ccc(-c3ccccc3)cc2)cc1. The molecular formula is C27H26ClNO. The molecule has 1 aliphatic carbocycles. The Morgan fingerprint density at radius 3 is 2.23 bits per heavy atom. The van der Waals surface area contributed by atoms with Crippen LogP contribution in [-0.4, -0.2) is 6.10 Å². The number of hydrogen-bond acceptors (Lipinski definition) is 2. The first-order chi connectivity index (χ1) is 14.8. The molecule has 0 saturated carbocycles. The summed E-state index contributed by atoms with van der Waals surface area (Å²) >= 11 is 6.13. The van der Waals surface area contributed by atoms with Crippen molar-refractivity contribution < 1.29 is 4.84 Å². The molecule has 0 radical (unpaired) electrons. The largest absolute Gasteiger partial charge is 0.269 e. The Labute approximate surface area is 183 Å². The molecule has 5 rings (SSSR count). The minimum absolute atomic E-state index is 0.201. The molecule has 3 aromatic rings. The van der Waals surface area contributed by atoms with E-state index in [9.17, 15) is 0 Å². The lowest BCUT2D eigenvalue weighted by atomic mass is 9.86. The summed E-state index contributed by atoms with van der Waals surface area (Å²) in [4.78, 5) is 6.57. The van der Waals surface area contributed by atoms with Gasteiger partial charge in [0.25, 0.3) is 0 Å². The number of benzene rings is 3. The predicted molar refractivity (Wildman–Crippen MR) is 125 cm³/mol. The lowest BCUT2D eigenvalue weighted by Gasteiger charge is -2.27. The first-order valence-corrected chi connectivity index (χ1v) is 11.2. The van der Waals surface area contributed by atoms with E-state index in [0.717, 1.165) is 30.0 Å². The third-order valence-electron chi connectivity index (χ3n) is 6.31. The lowest BCUT2D eigenvalue weighted by molar-refractivity contribution is 0.0390. The first-order valence-electron chi connectivity index (χ1n) is 10.8. The Bertz CT molecular complexity index is 997. The summed E-state index contributed by atoms with van der Waals surface area (Å²) in [5.74, 6) is 0.582. The van der Waals surface area contributed by atoms with Crippen molar-refractivity contribution in [1.29, 1.82) is 0 Å². The van der Waals surface area contributed by atoms with Gasteiger partial charge < -0.3 is 0 Å². The average molecular weight is 416 g/mol. The molecule has 0 aromatic heterocycles. The minimum atomic E-state index is 0.201. The van der Waals surface area contributed by atoms with Gasteiger partial charge in [-0.05, 0) is 66.1 Å². The van der Waals surface area contributed by atoms with Gasteiger partial charge in [-0.3, -0.25) is 4.84 Å². The molecule has 3 atom stereocenters. The summed E-state index contributed by atoms with van der Waals surface area (Å²) in [6.45, 7) is 0. The van der Waals surface area contributed by atoms with E-state index in [4.69, 9.17) is 16.4 Å². The summed E-state index contributed by atoms with van der Waals surface area (Å²) in [5.41, 5.74) is 4.84. The maximum atomic E-state index is 6.57. The van der Waals surface area contributed by atoms with E-state index in [1.807, 2.05) is 12.1 Å². The molecule has 1 fully saturated rings. The fourth-order valence-corrected chi connectivity index (χ4v) is 4.77. The monoisotopic (exact) mass is 415 g/mol. The Morgan fingerprint density at radius 2 is 1.53 bits per heavy atom. The second-order valence-corrected chi connectivity index (χ2v) is 8.67. The van der Waals surface area contributed by atoms with Crippen LogP contribution in [0.3, 0.4) is 0 Å². The molecule has 0 bridgehead atoms. The Morgan fingerprint density at radius 1 is 0.800 bits per heavy atom. The van der Waals surface area contributed by atoms with Crippen LogP contribution in [0.2, 0.25) is 5.02 Å². The van der Waals surface area contributed by atoms with Crippen LogP contribution in [-0.2, 0) is 4.84 Å². The lowest BCUT2D eigenvalue weighted by Crippen LogP contribution is -2.25. The van der Waals surface area contributed by atoms with Crippen molar-refractivity contribution in [1.82, 2.24) is 0 Å². The summed E-state index contributed by atoms with van der Waals surface area (Å²) in [5, 5.41) is 2.85. The van der Waals surface area contributed by atoms with Gasteiger partial charge in [0.15, 0.2) is 0 Å². The molecule has 3 heteroatoms. The van der Waals surface area contributed by atoms with Crippen molar-refractivity contribution in [2.45, 2.75) is 37.8 Å². The molecule has 2 nitrogen and oxygen atoms in total. The van der Waals surface area contributed by atoms with Gasteiger partial charge in [0.05, 0.1) is 17.8 Å². The molecule has 2 aliphatic rings. The van der Waals surface area contributed by atoms with E-state index >= 15 is 0 Å². The molecule has 30 heavy (non-hydrogen) atoms. The fourth-order valence-electron chi connectivity index (χ4n) is 4.64. The highest BCUT2D eigenvalue weighted by molar-refractivity contribution is 6.30. The van der Waals surface area contributed by atoms with Gasteiger partial charge in [-0.1, -0.05) is 78.4 Å². The van der Waals surface area contributed by atoms with Crippen LogP contribution in [0.1, 0.15) is 37.3 Å². The zero-order chi connectivity index (χ0) is 20.3. The van der Waals surface area contributed by atoms with E-state index in [0.29, 0.717) is 5.92 Å². The van der Waals surface area contributed by atoms with E-state index in [-0.39, 0.29) is 12.1 Å². The zero-order valence-electron chi connectivity index (χ0n) is 17.0. The number of hydrogen-bond donors (Lipinski definition) is 0. The Hall–Kier alpha value is -2.55. The second-order valence-electron chi connectivity index (χ2n) is 8.23. The van der Waals surface area contributed by atoms with Crippen LogP contribution >= 0.6 is 11.6 Å². The van der Waals surface area contributed by atoms with E-state index < -0.39 is 0 Å². The molecule has 3 unspecified atom stereocenters. The van der Waals surface area contributed by atoms with Gasteiger partial charge in [0.1, 0.15) is 0 Å². The molecular weight excluding hydrogens is 390 g/mol. The molecule has 0 spiro atoms. The maximum Gasteiger partial charge on any atom is 0.0911 e. The summed E-state index contributed by atoms with van der Waals surface area (Å²) < 4.78 is 0. The number of rotatable bonds is 4. The van der Waals surface area contributed by atoms with Gasteiger partial charge in [0, 0.05) is 11.4 Å². The standard InChI is InChI=1S/C27H26ClNO/c28-24-15-17-25(18-16-24)29-26(19-27(30-29)23-9-5-2-6-10-23)22-13-11-21(12-14-22)20-7-3-1-4-8-20/h1-5,7-8,11-18,23,26-27H,6,9-10,19H2. The number of hydroxylamine groups is 1. The van der Waals surface area contributed by atoms with Crippen LogP contribution in [0.25, 0.3) is 11.1 Å². The van der Waals surface area contributed by atoms with Gasteiger partial charge in [-0.2, -0.15) is 0 Å². The molecule has 152 valence electrons. The van der Waals surface area contributed by atoms with Crippen molar-refractivity contribution >= 4 is 17.3 Å². The second kappa shape index (κ2) is 8.67. The quantitative estimate of drug-likeness (QED) is 0.406. The number of nitrogens with zero attached hydrogens (tertiary/aromatic N) is 1. The molecule has 3 aromatic carbocycles. The molecule has 1 aliphatic heterocycles. The van der Waals surface area contributed by atoms with E-state index in [1.165, 1.54) is 23.1 Å². The van der Waals surface area contributed by atoms with Crippen molar-refractivity contribution in [3.63, 3.8) is 0 Å². The minimum Gasteiger partial charge on any atom is -0.269 e. The summed E-state index contributed by atoms with van der Waals surface area (Å²) in [6.07, 6.45) is 9.32. The highest BCUT2D eigenvalue weighted by Gasteiger charge is 2.38. The first kappa shape index (κ1) is 19.4. The summed E-state index contributed by atoms with van der Waals surface area (Å²) in [7, 11) is 0. The van der Waals surface area contributed by atoms with Crippen LogP contribution in [0.15, 0.2) is 91.0 Å². The normalized spacial score (nSPS) is 23.6. The van der Waals surface area contributed by atoms with Crippen molar-refractivity contribution in [2.24, 2.45) is 5.92 Å². The molecule has 0 amide bonds.